The molecule has 3 N–H and O–H groups in total. The Bertz CT molecular complexity index is 626. The summed E-state index contributed by atoms with van der Waals surface area (Å²) in [5.74, 6) is 0.328. The van der Waals surface area contributed by atoms with E-state index in [1.165, 1.54) is 0 Å². The van der Waals surface area contributed by atoms with Crippen molar-refractivity contribution in [2.24, 2.45) is 0 Å². The monoisotopic (exact) mass is 312 g/mol. The van der Waals surface area contributed by atoms with E-state index in [0.717, 1.165) is 16.8 Å². The van der Waals surface area contributed by atoms with Crippen LogP contribution in [0, 0.1) is 0 Å². The van der Waals surface area contributed by atoms with Gasteiger partial charge in [0.1, 0.15) is 0 Å². The molecule has 122 valence electrons. The lowest BCUT2D eigenvalue weighted by atomic mass is 10.0. The van der Waals surface area contributed by atoms with Gasteiger partial charge in [0.25, 0.3) is 0 Å². The van der Waals surface area contributed by atoms with Crippen LogP contribution in [-0.4, -0.2) is 17.7 Å². The molecular formula is C19H24N2O2. The second-order valence-electron chi connectivity index (χ2n) is 5.82. The molecule has 0 saturated carbocycles. The van der Waals surface area contributed by atoms with Crippen LogP contribution in [0.3, 0.4) is 0 Å². The van der Waals surface area contributed by atoms with Gasteiger partial charge in [0.05, 0.1) is 6.04 Å². The van der Waals surface area contributed by atoms with Crippen molar-refractivity contribution in [1.29, 1.82) is 0 Å². The fraction of sp³-hybridized carbons (Fsp3) is 0.316. The standard InChI is InChI=1S/C19H24N2O2/c1-14(2)16-10-6-7-11-18(16)21-19(23)20-17(12-13-22)15-8-4-3-5-9-15/h3-11,14,17,22H,12-13H2,1-2H3,(H2,20,21,23)/t17-/m1/s1. The van der Waals surface area contributed by atoms with Crippen molar-refractivity contribution in [3.05, 3.63) is 65.7 Å². The molecule has 2 aromatic rings. The smallest absolute Gasteiger partial charge is 0.319 e. The van der Waals surface area contributed by atoms with E-state index in [2.05, 4.69) is 24.5 Å². The molecule has 4 nitrogen and oxygen atoms in total. The lowest BCUT2D eigenvalue weighted by Gasteiger charge is -2.20. The molecule has 2 rings (SSSR count). The van der Waals surface area contributed by atoms with Crippen molar-refractivity contribution >= 4 is 11.7 Å². The van der Waals surface area contributed by atoms with E-state index in [1.54, 1.807) is 0 Å². The van der Waals surface area contributed by atoms with Crippen molar-refractivity contribution in [2.75, 3.05) is 11.9 Å². The van der Waals surface area contributed by atoms with E-state index in [-0.39, 0.29) is 18.7 Å². The van der Waals surface area contributed by atoms with Crippen molar-refractivity contribution in [3.8, 4) is 0 Å². The van der Waals surface area contributed by atoms with Gasteiger partial charge < -0.3 is 15.7 Å². The number of amides is 2. The summed E-state index contributed by atoms with van der Waals surface area (Å²) in [4.78, 5) is 12.3. The number of nitrogens with one attached hydrogen (secondary N) is 2. The molecule has 2 aromatic carbocycles. The van der Waals surface area contributed by atoms with Crippen LogP contribution in [0.5, 0.6) is 0 Å². The number of aliphatic hydroxyl groups is 1. The van der Waals surface area contributed by atoms with E-state index in [9.17, 15) is 9.90 Å². The molecule has 0 heterocycles. The van der Waals surface area contributed by atoms with Gasteiger partial charge in [-0.2, -0.15) is 0 Å². The van der Waals surface area contributed by atoms with Gasteiger partial charge in [-0.3, -0.25) is 0 Å². The van der Waals surface area contributed by atoms with E-state index >= 15 is 0 Å². The number of carbonyl (C=O) groups excluding carboxylic acids is 1. The van der Waals surface area contributed by atoms with Crippen LogP contribution in [-0.2, 0) is 0 Å². The first-order valence-corrected chi connectivity index (χ1v) is 7.94. The number of benzene rings is 2. The maximum atomic E-state index is 12.3. The summed E-state index contributed by atoms with van der Waals surface area (Å²) in [6.45, 7) is 4.20. The molecule has 0 aliphatic carbocycles. The molecule has 0 unspecified atom stereocenters. The van der Waals surface area contributed by atoms with Crippen LogP contribution in [0.4, 0.5) is 10.5 Å². The minimum absolute atomic E-state index is 0.0163. The van der Waals surface area contributed by atoms with Crippen LogP contribution in [0.25, 0.3) is 0 Å². The van der Waals surface area contributed by atoms with Gasteiger partial charge in [-0.15, -0.1) is 0 Å². The van der Waals surface area contributed by atoms with Crippen LogP contribution < -0.4 is 10.6 Å². The Labute approximate surface area is 137 Å². The van der Waals surface area contributed by atoms with Crippen LogP contribution in [0.15, 0.2) is 54.6 Å². The van der Waals surface area contributed by atoms with Crippen molar-refractivity contribution in [3.63, 3.8) is 0 Å². The Balaban J connectivity index is 2.08. The van der Waals surface area contributed by atoms with E-state index in [0.29, 0.717) is 12.3 Å². The number of urea groups is 1. The number of aliphatic hydroxyl groups excluding tert-OH is 1. The van der Waals surface area contributed by atoms with Gasteiger partial charge in [-0.25, -0.2) is 4.79 Å². The second-order valence-corrected chi connectivity index (χ2v) is 5.82. The molecule has 4 heteroatoms. The third-order valence-corrected chi connectivity index (χ3v) is 3.76. The Kier molecular flexibility index (Phi) is 6.18. The van der Waals surface area contributed by atoms with Gasteiger partial charge >= 0.3 is 6.03 Å². The highest BCUT2D eigenvalue weighted by molar-refractivity contribution is 5.90. The Hall–Kier alpha value is -2.33. The summed E-state index contributed by atoms with van der Waals surface area (Å²) >= 11 is 0. The molecule has 0 radical (unpaired) electrons. The van der Waals surface area contributed by atoms with Crippen LogP contribution in [0.1, 0.15) is 43.4 Å². The molecular weight excluding hydrogens is 288 g/mol. The molecule has 0 bridgehead atoms. The Morgan fingerprint density at radius 1 is 1.04 bits per heavy atom. The zero-order valence-corrected chi connectivity index (χ0v) is 13.6. The van der Waals surface area contributed by atoms with Crippen molar-refractivity contribution in [1.82, 2.24) is 5.32 Å². The van der Waals surface area contributed by atoms with Crippen molar-refractivity contribution < 1.29 is 9.90 Å². The lowest BCUT2D eigenvalue weighted by Crippen LogP contribution is -2.33. The van der Waals surface area contributed by atoms with E-state index < -0.39 is 0 Å². The van der Waals surface area contributed by atoms with Gasteiger partial charge in [-0.05, 0) is 29.5 Å². The first-order valence-electron chi connectivity index (χ1n) is 7.94. The first-order chi connectivity index (χ1) is 11.1. The molecule has 23 heavy (non-hydrogen) atoms. The third-order valence-electron chi connectivity index (χ3n) is 3.76. The van der Waals surface area contributed by atoms with Gasteiger partial charge in [0, 0.05) is 12.3 Å². The summed E-state index contributed by atoms with van der Waals surface area (Å²) in [6.07, 6.45) is 0.475. The predicted octanol–water partition coefficient (Wildman–Crippen LogP) is 4.06. The molecule has 0 aromatic heterocycles. The molecule has 2 amide bonds. The van der Waals surface area contributed by atoms with Crippen molar-refractivity contribution in [2.45, 2.75) is 32.2 Å². The van der Waals surface area contributed by atoms with Gasteiger partial charge in [-0.1, -0.05) is 62.4 Å². The highest BCUT2D eigenvalue weighted by Gasteiger charge is 2.15. The minimum Gasteiger partial charge on any atom is -0.396 e. The zero-order valence-electron chi connectivity index (χ0n) is 13.6. The maximum Gasteiger partial charge on any atom is 0.319 e. The van der Waals surface area contributed by atoms with E-state index in [4.69, 9.17) is 0 Å². The summed E-state index contributed by atoms with van der Waals surface area (Å²) in [7, 11) is 0. The third kappa shape index (κ3) is 4.83. The van der Waals surface area contributed by atoms with Gasteiger partial charge in [0.2, 0.25) is 0 Å². The summed E-state index contributed by atoms with van der Waals surface area (Å²) in [5, 5.41) is 15.1. The van der Waals surface area contributed by atoms with E-state index in [1.807, 2.05) is 54.6 Å². The molecule has 0 aliphatic rings. The first kappa shape index (κ1) is 17.0. The summed E-state index contributed by atoms with van der Waals surface area (Å²) in [5.41, 5.74) is 2.89. The topological polar surface area (TPSA) is 61.4 Å². The number of hydrogen-bond donors (Lipinski definition) is 3. The van der Waals surface area contributed by atoms with Gasteiger partial charge in [0.15, 0.2) is 0 Å². The normalized spacial score (nSPS) is 12.0. The number of hydrogen-bond acceptors (Lipinski definition) is 2. The highest BCUT2D eigenvalue weighted by atomic mass is 16.3. The maximum absolute atomic E-state index is 12.3. The lowest BCUT2D eigenvalue weighted by molar-refractivity contribution is 0.239. The Morgan fingerprint density at radius 2 is 1.70 bits per heavy atom. The average Bonchev–Trinajstić information content (AvgIpc) is 2.55. The quantitative estimate of drug-likeness (QED) is 0.753. The molecule has 0 fully saturated rings. The molecule has 0 spiro atoms. The molecule has 0 aliphatic heterocycles. The predicted molar refractivity (Wildman–Crippen MR) is 93.6 cm³/mol. The number of para-hydroxylation sites is 1. The number of carbonyl (C=O) groups is 1. The SMILES string of the molecule is CC(C)c1ccccc1NC(=O)N[C@H](CCO)c1ccccc1. The summed E-state index contributed by atoms with van der Waals surface area (Å²) in [6, 6.07) is 17.0. The summed E-state index contributed by atoms with van der Waals surface area (Å²) < 4.78 is 0. The molecule has 1 atom stereocenters. The number of anilines is 1. The van der Waals surface area contributed by atoms with Crippen LogP contribution >= 0.6 is 0 Å². The largest absolute Gasteiger partial charge is 0.396 e. The zero-order chi connectivity index (χ0) is 16.7. The fourth-order valence-corrected chi connectivity index (χ4v) is 2.57. The number of rotatable bonds is 6. The average molecular weight is 312 g/mol. The fourth-order valence-electron chi connectivity index (χ4n) is 2.57. The second kappa shape index (κ2) is 8.34. The minimum atomic E-state index is -0.264. The molecule has 0 saturated heterocycles. The Morgan fingerprint density at radius 3 is 2.35 bits per heavy atom. The highest BCUT2D eigenvalue weighted by Crippen LogP contribution is 2.24. The van der Waals surface area contributed by atoms with Crippen LogP contribution in [0.2, 0.25) is 0 Å².